The summed E-state index contributed by atoms with van der Waals surface area (Å²) in [4.78, 5) is 40.7. The quantitative estimate of drug-likeness (QED) is 0.814. The Morgan fingerprint density at radius 3 is 2.96 bits per heavy atom. The lowest BCUT2D eigenvalue weighted by molar-refractivity contribution is -0.133. The number of nitrogens with zero attached hydrogens (tertiary/aromatic N) is 6. The van der Waals surface area contributed by atoms with E-state index in [1.54, 1.807) is 11.0 Å². The van der Waals surface area contributed by atoms with Gasteiger partial charge < -0.3 is 9.80 Å². The van der Waals surface area contributed by atoms with Gasteiger partial charge in [-0.3, -0.25) is 19.3 Å². The number of hydrogen-bond acceptors (Lipinski definition) is 6. The fraction of sp³-hybridized carbons (Fsp3) is 0.632. The molecule has 1 N–H and O–H groups in total. The number of nitrogens with one attached hydrogen (secondary N) is 1. The van der Waals surface area contributed by atoms with E-state index in [-0.39, 0.29) is 16.9 Å². The lowest BCUT2D eigenvalue weighted by Gasteiger charge is -2.40. The minimum absolute atomic E-state index is 0.0399. The molecule has 0 radical (unpaired) electrons. The van der Waals surface area contributed by atoms with E-state index in [0.29, 0.717) is 25.5 Å². The van der Waals surface area contributed by atoms with Crippen molar-refractivity contribution in [3.63, 3.8) is 0 Å². The van der Waals surface area contributed by atoms with Crippen LogP contribution in [0.1, 0.15) is 43.4 Å². The summed E-state index contributed by atoms with van der Waals surface area (Å²) in [7, 11) is 3.75. The molecule has 1 saturated heterocycles. The molecule has 0 saturated carbocycles. The van der Waals surface area contributed by atoms with Crippen molar-refractivity contribution in [3.8, 4) is 0 Å². The van der Waals surface area contributed by atoms with Crippen molar-refractivity contribution in [2.75, 3.05) is 32.1 Å². The number of aryl methyl sites for hydroxylation is 1. The van der Waals surface area contributed by atoms with Gasteiger partial charge in [-0.05, 0) is 32.1 Å². The smallest absolute Gasteiger partial charge is 0.255 e. The fourth-order valence-corrected chi connectivity index (χ4v) is 4.49. The van der Waals surface area contributed by atoms with Crippen LogP contribution in [0.2, 0.25) is 0 Å². The number of hydrogen-bond donors (Lipinski definition) is 1. The van der Waals surface area contributed by atoms with Gasteiger partial charge in [0.1, 0.15) is 12.7 Å². The molecule has 4 rings (SSSR count). The van der Waals surface area contributed by atoms with Crippen LogP contribution in [0.3, 0.4) is 0 Å². The SMILES string of the molecule is CN(C)c1nc2c(c(=O)[nH]1)CCC21CCCN(C(=O)CCCn2cncn2)C1. The maximum Gasteiger partial charge on any atom is 0.255 e. The Morgan fingerprint density at radius 2 is 2.21 bits per heavy atom. The first-order valence-electron chi connectivity index (χ1n) is 9.90. The number of amides is 1. The molecule has 3 heterocycles. The zero-order valence-corrected chi connectivity index (χ0v) is 16.5. The van der Waals surface area contributed by atoms with Gasteiger partial charge in [-0.25, -0.2) is 9.97 Å². The largest absolute Gasteiger partial charge is 0.348 e. The van der Waals surface area contributed by atoms with E-state index in [2.05, 4.69) is 15.1 Å². The van der Waals surface area contributed by atoms with E-state index < -0.39 is 0 Å². The molecule has 28 heavy (non-hydrogen) atoms. The molecule has 9 heteroatoms. The van der Waals surface area contributed by atoms with Gasteiger partial charge in [0, 0.05) is 51.1 Å². The molecule has 0 bridgehead atoms. The first-order valence-corrected chi connectivity index (χ1v) is 9.90. The Hall–Kier alpha value is -2.71. The third-order valence-corrected chi connectivity index (χ3v) is 5.96. The molecule has 1 unspecified atom stereocenters. The van der Waals surface area contributed by atoms with Crippen molar-refractivity contribution in [2.24, 2.45) is 0 Å². The number of likely N-dealkylation sites (tertiary alicyclic amines) is 1. The summed E-state index contributed by atoms with van der Waals surface area (Å²) in [5, 5.41) is 4.08. The van der Waals surface area contributed by atoms with Gasteiger partial charge in [-0.2, -0.15) is 5.10 Å². The van der Waals surface area contributed by atoms with E-state index in [4.69, 9.17) is 4.98 Å². The summed E-state index contributed by atoms with van der Waals surface area (Å²) < 4.78 is 1.75. The van der Waals surface area contributed by atoms with Gasteiger partial charge >= 0.3 is 0 Å². The number of carbonyl (C=O) groups is 1. The molecule has 1 fully saturated rings. The molecule has 1 spiro atoms. The first kappa shape index (κ1) is 18.6. The van der Waals surface area contributed by atoms with Crippen LogP contribution in [0.5, 0.6) is 0 Å². The second-order valence-corrected chi connectivity index (χ2v) is 8.07. The molecule has 1 aliphatic carbocycles. The van der Waals surface area contributed by atoms with Crippen LogP contribution in [-0.2, 0) is 23.2 Å². The van der Waals surface area contributed by atoms with Crippen LogP contribution >= 0.6 is 0 Å². The molecule has 2 aromatic heterocycles. The van der Waals surface area contributed by atoms with Gasteiger partial charge in [-0.1, -0.05) is 0 Å². The van der Waals surface area contributed by atoms with Crippen molar-refractivity contribution in [3.05, 3.63) is 34.3 Å². The summed E-state index contributed by atoms with van der Waals surface area (Å²) in [6, 6.07) is 0. The van der Waals surface area contributed by atoms with Gasteiger partial charge in [0.25, 0.3) is 5.56 Å². The number of carbonyl (C=O) groups excluding carboxylic acids is 1. The highest BCUT2D eigenvalue weighted by Crippen LogP contribution is 2.43. The molecule has 9 nitrogen and oxygen atoms in total. The molecule has 2 aliphatic rings. The van der Waals surface area contributed by atoms with Crippen molar-refractivity contribution in [1.82, 2.24) is 29.6 Å². The van der Waals surface area contributed by atoms with Gasteiger partial charge in [0.05, 0.1) is 5.69 Å². The Kier molecular flexibility index (Phi) is 4.91. The molecule has 0 aromatic carbocycles. The molecular weight excluding hydrogens is 358 g/mol. The van der Waals surface area contributed by atoms with E-state index in [9.17, 15) is 9.59 Å². The zero-order chi connectivity index (χ0) is 19.7. The van der Waals surface area contributed by atoms with Gasteiger partial charge in [0.2, 0.25) is 11.9 Å². The number of aromatic nitrogens is 5. The maximum absolute atomic E-state index is 12.8. The number of H-pyrrole nitrogens is 1. The average Bonchev–Trinajstić information content (AvgIpc) is 3.31. The molecule has 1 amide bonds. The number of aromatic amines is 1. The lowest BCUT2D eigenvalue weighted by Crippen LogP contribution is -2.48. The van der Waals surface area contributed by atoms with Crippen LogP contribution in [0.15, 0.2) is 17.4 Å². The van der Waals surface area contributed by atoms with Gasteiger partial charge in [0.15, 0.2) is 0 Å². The minimum atomic E-state index is -0.186. The normalized spacial score (nSPS) is 21.1. The van der Waals surface area contributed by atoms with E-state index in [1.165, 1.54) is 6.33 Å². The Morgan fingerprint density at radius 1 is 1.36 bits per heavy atom. The molecule has 150 valence electrons. The lowest BCUT2D eigenvalue weighted by atomic mass is 9.77. The van der Waals surface area contributed by atoms with Crippen LogP contribution in [0, 0.1) is 0 Å². The number of piperidine rings is 1. The second-order valence-electron chi connectivity index (χ2n) is 8.07. The monoisotopic (exact) mass is 385 g/mol. The topological polar surface area (TPSA) is 100 Å². The van der Waals surface area contributed by atoms with E-state index >= 15 is 0 Å². The van der Waals surface area contributed by atoms with Crippen LogP contribution < -0.4 is 10.5 Å². The predicted molar refractivity (Wildman–Crippen MR) is 104 cm³/mol. The number of anilines is 1. The van der Waals surface area contributed by atoms with Crippen LogP contribution in [0.25, 0.3) is 0 Å². The zero-order valence-electron chi connectivity index (χ0n) is 16.5. The highest BCUT2D eigenvalue weighted by Gasteiger charge is 2.45. The molecule has 1 aliphatic heterocycles. The summed E-state index contributed by atoms with van der Waals surface area (Å²) in [6.07, 6.45) is 7.95. The van der Waals surface area contributed by atoms with Gasteiger partial charge in [-0.15, -0.1) is 0 Å². The summed E-state index contributed by atoms with van der Waals surface area (Å²) >= 11 is 0. The van der Waals surface area contributed by atoms with Crippen molar-refractivity contribution in [2.45, 2.75) is 50.5 Å². The second kappa shape index (κ2) is 7.37. The number of fused-ring (bicyclic) bond motifs is 2. The summed E-state index contributed by atoms with van der Waals surface area (Å²) in [5.41, 5.74) is 1.47. The highest BCUT2D eigenvalue weighted by molar-refractivity contribution is 5.76. The number of rotatable bonds is 5. The molecular formula is C19H27N7O2. The minimum Gasteiger partial charge on any atom is -0.348 e. The Labute approximate surface area is 163 Å². The highest BCUT2D eigenvalue weighted by atomic mass is 16.2. The molecule has 1 atom stereocenters. The average molecular weight is 385 g/mol. The van der Waals surface area contributed by atoms with Crippen LogP contribution in [-0.4, -0.2) is 62.7 Å². The van der Waals surface area contributed by atoms with Crippen molar-refractivity contribution >= 4 is 11.9 Å². The third kappa shape index (κ3) is 3.41. The van der Waals surface area contributed by atoms with Crippen LogP contribution in [0.4, 0.5) is 5.95 Å². The maximum atomic E-state index is 12.8. The standard InChI is InChI=1S/C19H27N7O2/c1-24(2)18-22-16-14(17(28)23-18)6-8-19(16)7-4-9-25(11-19)15(27)5-3-10-26-13-20-12-21-26/h12-13H,3-11H2,1-2H3,(H,22,23,28). The van der Waals surface area contributed by atoms with E-state index in [1.807, 2.05) is 23.9 Å². The van der Waals surface area contributed by atoms with Crippen molar-refractivity contribution < 1.29 is 4.79 Å². The van der Waals surface area contributed by atoms with E-state index in [0.717, 1.165) is 49.9 Å². The first-order chi connectivity index (χ1) is 13.5. The Bertz CT molecular complexity index is 906. The predicted octanol–water partition coefficient (Wildman–Crippen LogP) is 0.714. The fourth-order valence-electron chi connectivity index (χ4n) is 4.49. The summed E-state index contributed by atoms with van der Waals surface area (Å²) in [6.45, 7) is 2.13. The van der Waals surface area contributed by atoms with Crippen molar-refractivity contribution in [1.29, 1.82) is 0 Å². The molecule has 2 aromatic rings. The third-order valence-electron chi connectivity index (χ3n) is 5.96. The summed E-state index contributed by atoms with van der Waals surface area (Å²) in [5.74, 6) is 0.756. The Balaban J connectivity index is 1.48.